The Hall–Kier alpha value is -2.28. The Labute approximate surface area is 157 Å². The van der Waals surface area contributed by atoms with Crippen LogP contribution in [0.2, 0.25) is 0 Å². The van der Waals surface area contributed by atoms with Gasteiger partial charge in [-0.3, -0.25) is 9.59 Å². The molecule has 1 aliphatic rings. The number of hydrogen-bond donors (Lipinski definition) is 2. The standard InChI is InChI=1S/C19H24N4O2S/c1-14(24)21-15-6-5-7-16(12-15)22-18(25)13-26-19-20-10-11-23(19)17-8-3-2-4-9-17/h5-7,10-12,17H,2-4,8-9,13H2,1H3,(H,21,24)(H,22,25). The lowest BCUT2D eigenvalue weighted by Crippen LogP contribution is -2.16. The molecular formula is C19H24N4O2S. The van der Waals surface area contributed by atoms with Crippen molar-refractivity contribution >= 4 is 35.0 Å². The fourth-order valence-electron chi connectivity index (χ4n) is 3.25. The first-order valence-electron chi connectivity index (χ1n) is 8.95. The van der Waals surface area contributed by atoms with Crippen molar-refractivity contribution in [2.45, 2.75) is 50.2 Å². The van der Waals surface area contributed by atoms with Gasteiger partial charge < -0.3 is 15.2 Å². The third-order valence-electron chi connectivity index (χ3n) is 4.40. The fraction of sp³-hybridized carbons (Fsp3) is 0.421. The van der Waals surface area contributed by atoms with E-state index in [9.17, 15) is 9.59 Å². The molecule has 0 aliphatic heterocycles. The average molecular weight is 372 g/mol. The van der Waals surface area contributed by atoms with Crippen molar-refractivity contribution in [1.82, 2.24) is 9.55 Å². The van der Waals surface area contributed by atoms with Gasteiger partial charge in [0.25, 0.3) is 0 Å². The molecule has 0 saturated heterocycles. The van der Waals surface area contributed by atoms with E-state index in [4.69, 9.17) is 0 Å². The van der Waals surface area contributed by atoms with Crippen molar-refractivity contribution in [1.29, 1.82) is 0 Å². The quantitative estimate of drug-likeness (QED) is 0.749. The predicted octanol–water partition coefficient (Wildman–Crippen LogP) is 4.08. The summed E-state index contributed by atoms with van der Waals surface area (Å²) in [6.07, 6.45) is 10.0. The Balaban J connectivity index is 1.55. The first-order valence-corrected chi connectivity index (χ1v) is 9.93. The maximum Gasteiger partial charge on any atom is 0.234 e. The highest BCUT2D eigenvalue weighted by molar-refractivity contribution is 7.99. The first kappa shape index (κ1) is 18.5. The molecule has 6 nitrogen and oxygen atoms in total. The number of hydrogen-bond acceptors (Lipinski definition) is 4. The number of benzene rings is 1. The topological polar surface area (TPSA) is 76.0 Å². The number of carbonyl (C=O) groups is 2. The Morgan fingerprint density at radius 3 is 2.65 bits per heavy atom. The highest BCUT2D eigenvalue weighted by Gasteiger charge is 2.18. The molecule has 1 heterocycles. The van der Waals surface area contributed by atoms with Gasteiger partial charge in [-0.05, 0) is 31.0 Å². The van der Waals surface area contributed by atoms with Crippen LogP contribution in [0.15, 0.2) is 41.8 Å². The van der Waals surface area contributed by atoms with Crippen LogP contribution in [0.4, 0.5) is 11.4 Å². The lowest BCUT2D eigenvalue weighted by atomic mass is 9.95. The van der Waals surface area contributed by atoms with Crippen LogP contribution in [-0.4, -0.2) is 27.1 Å². The van der Waals surface area contributed by atoms with Crippen LogP contribution in [0, 0.1) is 0 Å². The molecule has 7 heteroatoms. The van der Waals surface area contributed by atoms with Crippen LogP contribution in [0.3, 0.4) is 0 Å². The highest BCUT2D eigenvalue weighted by Crippen LogP contribution is 2.31. The lowest BCUT2D eigenvalue weighted by Gasteiger charge is -2.24. The second-order valence-corrected chi connectivity index (χ2v) is 7.45. The van der Waals surface area contributed by atoms with E-state index in [1.165, 1.54) is 50.8 Å². The molecule has 2 amide bonds. The second-order valence-electron chi connectivity index (χ2n) is 6.51. The smallest absolute Gasteiger partial charge is 0.234 e. The summed E-state index contributed by atoms with van der Waals surface area (Å²) in [5.74, 6) is 0.0698. The van der Waals surface area contributed by atoms with Crippen LogP contribution in [0.1, 0.15) is 45.1 Å². The lowest BCUT2D eigenvalue weighted by molar-refractivity contribution is -0.114. The normalized spacial score (nSPS) is 14.8. The van der Waals surface area contributed by atoms with Crippen LogP contribution in [0.25, 0.3) is 0 Å². The van der Waals surface area contributed by atoms with E-state index in [0.29, 0.717) is 23.2 Å². The minimum atomic E-state index is -0.140. The number of anilines is 2. The predicted molar refractivity (Wildman–Crippen MR) is 104 cm³/mol. The first-order chi connectivity index (χ1) is 12.6. The van der Waals surface area contributed by atoms with E-state index in [1.54, 1.807) is 24.3 Å². The molecule has 2 aromatic rings. The summed E-state index contributed by atoms with van der Waals surface area (Å²) >= 11 is 1.46. The molecule has 1 saturated carbocycles. The molecule has 1 aromatic heterocycles. The summed E-state index contributed by atoms with van der Waals surface area (Å²) in [5, 5.41) is 6.48. The molecule has 1 aliphatic carbocycles. The molecule has 26 heavy (non-hydrogen) atoms. The Bertz CT molecular complexity index is 768. The number of imidazole rings is 1. The number of nitrogens with zero attached hydrogens (tertiary/aromatic N) is 2. The summed E-state index contributed by atoms with van der Waals surface area (Å²) in [6.45, 7) is 1.45. The molecule has 138 valence electrons. The second kappa shape index (κ2) is 8.89. The van der Waals surface area contributed by atoms with E-state index in [2.05, 4.69) is 20.2 Å². The summed E-state index contributed by atoms with van der Waals surface area (Å²) in [6, 6.07) is 7.63. The minimum absolute atomic E-state index is 0.0897. The van der Waals surface area contributed by atoms with Crippen LogP contribution in [-0.2, 0) is 9.59 Å². The summed E-state index contributed by atoms with van der Waals surface area (Å²) < 4.78 is 2.22. The van der Waals surface area contributed by atoms with Crippen molar-refractivity contribution in [3.63, 3.8) is 0 Å². The molecule has 0 spiro atoms. The van der Waals surface area contributed by atoms with E-state index in [1.807, 2.05) is 12.4 Å². The zero-order chi connectivity index (χ0) is 18.4. The number of rotatable bonds is 6. The molecule has 2 N–H and O–H groups in total. The van der Waals surface area contributed by atoms with Gasteiger partial charge in [-0.2, -0.15) is 0 Å². The van der Waals surface area contributed by atoms with Crippen molar-refractivity contribution < 1.29 is 9.59 Å². The fourth-order valence-corrected chi connectivity index (χ4v) is 4.08. The zero-order valence-corrected chi connectivity index (χ0v) is 15.7. The molecule has 3 rings (SSSR count). The van der Waals surface area contributed by atoms with Gasteiger partial charge in [0.1, 0.15) is 0 Å². The monoisotopic (exact) mass is 372 g/mol. The van der Waals surface area contributed by atoms with E-state index in [0.717, 1.165) is 5.16 Å². The van der Waals surface area contributed by atoms with Crippen molar-refractivity contribution in [3.05, 3.63) is 36.7 Å². The third kappa shape index (κ3) is 5.11. The molecule has 0 atom stereocenters. The largest absolute Gasteiger partial charge is 0.326 e. The van der Waals surface area contributed by atoms with Gasteiger partial charge >= 0.3 is 0 Å². The molecule has 0 radical (unpaired) electrons. The van der Waals surface area contributed by atoms with Crippen molar-refractivity contribution in [2.75, 3.05) is 16.4 Å². The van der Waals surface area contributed by atoms with Gasteiger partial charge in [-0.15, -0.1) is 0 Å². The van der Waals surface area contributed by atoms with Gasteiger partial charge in [0.15, 0.2) is 5.16 Å². The molecule has 1 aromatic carbocycles. The average Bonchev–Trinajstić information content (AvgIpc) is 3.09. The summed E-state index contributed by atoms with van der Waals surface area (Å²) in [7, 11) is 0. The van der Waals surface area contributed by atoms with E-state index >= 15 is 0 Å². The van der Waals surface area contributed by atoms with Gasteiger partial charge in [0.05, 0.1) is 5.75 Å². The number of nitrogens with one attached hydrogen (secondary N) is 2. The zero-order valence-electron chi connectivity index (χ0n) is 14.9. The van der Waals surface area contributed by atoms with Gasteiger partial charge in [0.2, 0.25) is 11.8 Å². The molecule has 0 unspecified atom stereocenters. The number of thioether (sulfide) groups is 1. The van der Waals surface area contributed by atoms with Gasteiger partial charge in [-0.25, -0.2) is 4.98 Å². The molecular weight excluding hydrogens is 348 g/mol. The Kier molecular flexibility index (Phi) is 6.33. The molecule has 1 fully saturated rings. The third-order valence-corrected chi connectivity index (χ3v) is 5.38. The van der Waals surface area contributed by atoms with Crippen LogP contribution < -0.4 is 10.6 Å². The minimum Gasteiger partial charge on any atom is -0.326 e. The van der Waals surface area contributed by atoms with Crippen LogP contribution >= 0.6 is 11.8 Å². The van der Waals surface area contributed by atoms with E-state index < -0.39 is 0 Å². The number of amides is 2. The number of aromatic nitrogens is 2. The van der Waals surface area contributed by atoms with E-state index in [-0.39, 0.29) is 11.8 Å². The van der Waals surface area contributed by atoms with Crippen molar-refractivity contribution in [3.8, 4) is 0 Å². The maximum atomic E-state index is 12.3. The Morgan fingerprint density at radius 2 is 1.92 bits per heavy atom. The van der Waals surface area contributed by atoms with Crippen LogP contribution in [0.5, 0.6) is 0 Å². The summed E-state index contributed by atoms with van der Waals surface area (Å²) in [4.78, 5) is 27.8. The van der Waals surface area contributed by atoms with Crippen molar-refractivity contribution in [2.24, 2.45) is 0 Å². The SMILES string of the molecule is CC(=O)Nc1cccc(NC(=O)CSc2nccn2C2CCCCC2)c1. The number of carbonyl (C=O) groups excluding carboxylic acids is 2. The molecule has 0 bridgehead atoms. The Morgan fingerprint density at radius 1 is 1.19 bits per heavy atom. The maximum absolute atomic E-state index is 12.3. The summed E-state index contributed by atoms with van der Waals surface area (Å²) in [5.41, 5.74) is 1.33. The highest BCUT2D eigenvalue weighted by atomic mass is 32.2. The van der Waals surface area contributed by atoms with Gasteiger partial charge in [-0.1, -0.05) is 37.1 Å². The van der Waals surface area contributed by atoms with Gasteiger partial charge in [0, 0.05) is 36.7 Å².